The number of rotatable bonds is 5. The Morgan fingerprint density at radius 2 is 1.82 bits per heavy atom. The van der Waals surface area contributed by atoms with Crippen LogP contribution < -0.4 is 5.73 Å². The average Bonchev–Trinajstić information content (AvgIpc) is 2.36. The molecule has 0 fully saturated rings. The van der Waals surface area contributed by atoms with Crippen LogP contribution in [0.3, 0.4) is 0 Å². The normalized spacial score (nSPS) is 12.6. The van der Waals surface area contributed by atoms with Gasteiger partial charge in [0.1, 0.15) is 0 Å². The molecule has 0 spiro atoms. The van der Waals surface area contributed by atoms with Gasteiger partial charge in [-0.05, 0) is 43.5 Å². The Balaban J connectivity index is 2.82. The van der Waals surface area contributed by atoms with E-state index < -0.39 is 0 Å². The van der Waals surface area contributed by atoms with Gasteiger partial charge < -0.3 is 5.73 Å². The Kier molecular flexibility index (Phi) is 5.44. The third kappa shape index (κ3) is 4.41. The van der Waals surface area contributed by atoms with Crippen molar-refractivity contribution in [3.63, 3.8) is 0 Å². The van der Waals surface area contributed by atoms with Gasteiger partial charge in [0.15, 0.2) is 0 Å². The Labute approximate surface area is 104 Å². The van der Waals surface area contributed by atoms with Gasteiger partial charge in [-0.1, -0.05) is 54.6 Å². The molecular formula is C16H21N. The molecule has 0 unspecified atom stereocenters. The first-order valence-electron chi connectivity index (χ1n) is 5.94. The van der Waals surface area contributed by atoms with E-state index in [1.165, 1.54) is 22.3 Å². The molecule has 1 aromatic rings. The summed E-state index contributed by atoms with van der Waals surface area (Å²) in [6.07, 6.45) is 7.00. The molecule has 0 aromatic heterocycles. The first kappa shape index (κ1) is 13.5. The van der Waals surface area contributed by atoms with Crippen LogP contribution >= 0.6 is 0 Å². The number of hydrogen-bond donors (Lipinski definition) is 1. The van der Waals surface area contributed by atoms with Gasteiger partial charge in [-0.3, -0.25) is 0 Å². The molecule has 0 saturated heterocycles. The van der Waals surface area contributed by atoms with E-state index in [9.17, 15) is 0 Å². The summed E-state index contributed by atoms with van der Waals surface area (Å²) < 4.78 is 0. The SMILES string of the molecule is C=C/C(C)=C\C=C(/C)c1ccc(CCN)cc1. The highest BCUT2D eigenvalue weighted by Crippen LogP contribution is 2.15. The summed E-state index contributed by atoms with van der Waals surface area (Å²) in [7, 11) is 0. The molecule has 0 amide bonds. The highest BCUT2D eigenvalue weighted by Gasteiger charge is 1.95. The van der Waals surface area contributed by atoms with Crippen molar-refractivity contribution in [1.82, 2.24) is 0 Å². The summed E-state index contributed by atoms with van der Waals surface area (Å²) in [6.45, 7) is 8.60. The van der Waals surface area contributed by atoms with Crippen LogP contribution in [0.5, 0.6) is 0 Å². The lowest BCUT2D eigenvalue weighted by Crippen LogP contribution is -2.02. The molecule has 0 atom stereocenters. The van der Waals surface area contributed by atoms with Crippen LogP contribution in [0.2, 0.25) is 0 Å². The largest absolute Gasteiger partial charge is 0.330 e. The first-order chi connectivity index (χ1) is 8.17. The lowest BCUT2D eigenvalue weighted by atomic mass is 10.0. The van der Waals surface area contributed by atoms with Crippen LogP contribution in [0.25, 0.3) is 5.57 Å². The molecule has 90 valence electrons. The van der Waals surface area contributed by atoms with Crippen LogP contribution in [0.15, 0.2) is 54.6 Å². The third-order valence-electron chi connectivity index (χ3n) is 2.76. The van der Waals surface area contributed by atoms with E-state index in [4.69, 9.17) is 5.73 Å². The molecular weight excluding hydrogens is 206 g/mol. The predicted molar refractivity (Wildman–Crippen MR) is 76.8 cm³/mol. The van der Waals surface area contributed by atoms with Gasteiger partial charge >= 0.3 is 0 Å². The van der Waals surface area contributed by atoms with E-state index in [2.05, 4.69) is 49.9 Å². The third-order valence-corrected chi connectivity index (χ3v) is 2.76. The average molecular weight is 227 g/mol. The van der Waals surface area contributed by atoms with Crippen molar-refractivity contribution in [2.24, 2.45) is 5.73 Å². The number of allylic oxidation sites excluding steroid dienone is 5. The van der Waals surface area contributed by atoms with Crippen LogP contribution in [-0.2, 0) is 6.42 Å². The van der Waals surface area contributed by atoms with Gasteiger partial charge in [0.2, 0.25) is 0 Å². The summed E-state index contributed by atoms with van der Waals surface area (Å²) >= 11 is 0. The lowest BCUT2D eigenvalue weighted by molar-refractivity contribution is 0.968. The zero-order valence-corrected chi connectivity index (χ0v) is 10.7. The highest BCUT2D eigenvalue weighted by atomic mass is 14.5. The second kappa shape index (κ2) is 6.87. The summed E-state index contributed by atoms with van der Waals surface area (Å²) in [5, 5.41) is 0. The van der Waals surface area contributed by atoms with Crippen molar-refractivity contribution in [2.75, 3.05) is 6.54 Å². The quantitative estimate of drug-likeness (QED) is 0.762. The maximum Gasteiger partial charge on any atom is -0.00367 e. The van der Waals surface area contributed by atoms with Crippen molar-refractivity contribution in [2.45, 2.75) is 20.3 Å². The molecule has 0 saturated carbocycles. The second-order valence-corrected chi connectivity index (χ2v) is 4.20. The fraction of sp³-hybridized carbons (Fsp3) is 0.250. The highest BCUT2D eigenvalue weighted by molar-refractivity contribution is 5.65. The van der Waals surface area contributed by atoms with E-state index in [-0.39, 0.29) is 0 Å². The minimum atomic E-state index is 0.704. The zero-order valence-electron chi connectivity index (χ0n) is 10.7. The summed E-state index contributed by atoms with van der Waals surface area (Å²) in [4.78, 5) is 0. The van der Waals surface area contributed by atoms with Gasteiger partial charge in [0.05, 0.1) is 0 Å². The topological polar surface area (TPSA) is 26.0 Å². The lowest BCUT2D eigenvalue weighted by Gasteiger charge is -2.03. The summed E-state index contributed by atoms with van der Waals surface area (Å²) in [6, 6.07) is 8.58. The van der Waals surface area contributed by atoms with E-state index in [0.717, 1.165) is 6.42 Å². The number of hydrogen-bond acceptors (Lipinski definition) is 1. The monoisotopic (exact) mass is 227 g/mol. The van der Waals surface area contributed by atoms with Gasteiger partial charge in [0, 0.05) is 0 Å². The van der Waals surface area contributed by atoms with Gasteiger partial charge in [-0.15, -0.1) is 0 Å². The molecule has 1 aromatic carbocycles. The van der Waals surface area contributed by atoms with Gasteiger partial charge in [-0.2, -0.15) is 0 Å². The summed E-state index contributed by atoms with van der Waals surface area (Å²) in [5.74, 6) is 0. The smallest absolute Gasteiger partial charge is 0.00367 e. The van der Waals surface area contributed by atoms with Crippen molar-refractivity contribution in [3.8, 4) is 0 Å². The first-order valence-corrected chi connectivity index (χ1v) is 5.94. The fourth-order valence-electron chi connectivity index (χ4n) is 1.52. The van der Waals surface area contributed by atoms with Gasteiger partial charge in [0.25, 0.3) is 0 Å². The van der Waals surface area contributed by atoms with E-state index in [1.54, 1.807) is 0 Å². The number of benzene rings is 1. The molecule has 0 radical (unpaired) electrons. The Bertz CT molecular complexity index is 421. The minimum absolute atomic E-state index is 0.704. The minimum Gasteiger partial charge on any atom is -0.330 e. The van der Waals surface area contributed by atoms with E-state index >= 15 is 0 Å². The molecule has 2 N–H and O–H groups in total. The Morgan fingerprint density at radius 1 is 1.18 bits per heavy atom. The van der Waals surface area contributed by atoms with Crippen LogP contribution in [0.1, 0.15) is 25.0 Å². The van der Waals surface area contributed by atoms with Crippen LogP contribution in [-0.4, -0.2) is 6.54 Å². The second-order valence-electron chi connectivity index (χ2n) is 4.20. The molecule has 0 heterocycles. The van der Waals surface area contributed by atoms with Crippen LogP contribution in [0.4, 0.5) is 0 Å². The fourth-order valence-corrected chi connectivity index (χ4v) is 1.52. The maximum atomic E-state index is 5.53. The van der Waals surface area contributed by atoms with Crippen molar-refractivity contribution < 1.29 is 0 Å². The molecule has 1 heteroatoms. The summed E-state index contributed by atoms with van der Waals surface area (Å²) in [5.41, 5.74) is 10.5. The Morgan fingerprint density at radius 3 is 2.35 bits per heavy atom. The molecule has 0 aliphatic carbocycles. The van der Waals surface area contributed by atoms with E-state index in [1.807, 2.05) is 13.0 Å². The maximum absolute atomic E-state index is 5.53. The predicted octanol–water partition coefficient (Wildman–Crippen LogP) is 3.72. The Hall–Kier alpha value is -1.60. The molecule has 17 heavy (non-hydrogen) atoms. The molecule has 1 rings (SSSR count). The van der Waals surface area contributed by atoms with Crippen LogP contribution in [0, 0.1) is 0 Å². The van der Waals surface area contributed by atoms with Crippen molar-refractivity contribution >= 4 is 5.57 Å². The van der Waals surface area contributed by atoms with Crippen molar-refractivity contribution in [1.29, 1.82) is 0 Å². The molecule has 0 bridgehead atoms. The zero-order chi connectivity index (χ0) is 12.7. The van der Waals surface area contributed by atoms with Crippen molar-refractivity contribution in [3.05, 3.63) is 65.8 Å². The molecule has 0 aliphatic heterocycles. The van der Waals surface area contributed by atoms with Gasteiger partial charge in [-0.25, -0.2) is 0 Å². The standard InChI is InChI=1S/C16H21N/c1-4-13(2)5-6-14(3)16-9-7-15(8-10-16)11-12-17/h4-10H,1,11-12,17H2,2-3H3/b13-5-,14-6+. The molecule has 1 nitrogen and oxygen atoms in total. The number of nitrogens with two attached hydrogens (primary N) is 1. The molecule has 0 aliphatic rings. The van der Waals surface area contributed by atoms with E-state index in [0.29, 0.717) is 6.54 Å².